The molecule has 0 aliphatic carbocycles. The SMILES string of the molecule is CCCc1ncc(CN(Cc2ccc3c(c2)OCO3)CC2CCCO2)cn1. The minimum atomic E-state index is 0.305. The Kier molecular flexibility index (Phi) is 5.84. The molecule has 0 amide bonds. The Balaban J connectivity index is 1.46. The highest BCUT2D eigenvalue weighted by molar-refractivity contribution is 5.44. The molecular weight excluding hydrogens is 342 g/mol. The quantitative estimate of drug-likeness (QED) is 0.711. The van der Waals surface area contributed by atoms with Crippen molar-refractivity contribution in [1.82, 2.24) is 14.9 Å². The van der Waals surface area contributed by atoms with E-state index in [0.717, 1.165) is 74.8 Å². The van der Waals surface area contributed by atoms with Gasteiger partial charge in [-0.2, -0.15) is 0 Å². The lowest BCUT2D eigenvalue weighted by atomic mass is 10.1. The van der Waals surface area contributed by atoms with E-state index in [1.54, 1.807) is 0 Å². The molecule has 3 heterocycles. The molecule has 1 aromatic carbocycles. The van der Waals surface area contributed by atoms with Crippen molar-refractivity contribution in [3.63, 3.8) is 0 Å². The van der Waals surface area contributed by atoms with Gasteiger partial charge in [0.1, 0.15) is 5.82 Å². The fourth-order valence-corrected chi connectivity index (χ4v) is 3.63. The Bertz CT molecular complexity index is 745. The third-order valence-corrected chi connectivity index (χ3v) is 4.97. The highest BCUT2D eigenvalue weighted by atomic mass is 16.7. The zero-order chi connectivity index (χ0) is 18.5. The van der Waals surface area contributed by atoms with E-state index in [4.69, 9.17) is 14.2 Å². The van der Waals surface area contributed by atoms with Crippen molar-refractivity contribution >= 4 is 0 Å². The van der Waals surface area contributed by atoms with Crippen molar-refractivity contribution in [3.05, 3.63) is 47.5 Å². The Labute approximate surface area is 160 Å². The van der Waals surface area contributed by atoms with E-state index in [1.165, 1.54) is 5.56 Å². The number of ether oxygens (including phenoxy) is 3. The van der Waals surface area contributed by atoms with Crippen molar-refractivity contribution in [2.45, 2.75) is 51.8 Å². The van der Waals surface area contributed by atoms with Gasteiger partial charge in [-0.15, -0.1) is 0 Å². The number of hydrogen-bond donors (Lipinski definition) is 0. The lowest BCUT2D eigenvalue weighted by molar-refractivity contribution is 0.0678. The van der Waals surface area contributed by atoms with Gasteiger partial charge in [-0.3, -0.25) is 4.90 Å². The monoisotopic (exact) mass is 369 g/mol. The second-order valence-corrected chi connectivity index (χ2v) is 7.25. The molecule has 2 aliphatic heterocycles. The van der Waals surface area contributed by atoms with Gasteiger partial charge in [-0.1, -0.05) is 13.0 Å². The van der Waals surface area contributed by atoms with E-state index >= 15 is 0 Å². The molecule has 0 saturated carbocycles. The van der Waals surface area contributed by atoms with Gasteiger partial charge >= 0.3 is 0 Å². The molecule has 0 N–H and O–H groups in total. The summed E-state index contributed by atoms with van der Waals surface area (Å²) in [5.74, 6) is 2.57. The largest absolute Gasteiger partial charge is 0.454 e. The summed E-state index contributed by atoms with van der Waals surface area (Å²) >= 11 is 0. The van der Waals surface area contributed by atoms with Crippen LogP contribution >= 0.6 is 0 Å². The van der Waals surface area contributed by atoms with Gasteiger partial charge in [-0.25, -0.2) is 9.97 Å². The molecule has 6 heteroatoms. The highest BCUT2D eigenvalue weighted by Crippen LogP contribution is 2.33. The summed E-state index contributed by atoms with van der Waals surface area (Å²) in [6, 6.07) is 6.17. The topological polar surface area (TPSA) is 56.7 Å². The number of aromatic nitrogens is 2. The van der Waals surface area contributed by atoms with E-state index in [0.29, 0.717) is 12.9 Å². The van der Waals surface area contributed by atoms with E-state index in [2.05, 4.69) is 33.9 Å². The molecule has 27 heavy (non-hydrogen) atoms. The van der Waals surface area contributed by atoms with E-state index < -0.39 is 0 Å². The molecule has 2 aliphatic rings. The number of rotatable bonds is 8. The lowest BCUT2D eigenvalue weighted by Gasteiger charge is -2.25. The van der Waals surface area contributed by atoms with Gasteiger partial charge in [0.25, 0.3) is 0 Å². The summed E-state index contributed by atoms with van der Waals surface area (Å²) in [4.78, 5) is 11.4. The van der Waals surface area contributed by atoms with Crippen LogP contribution in [0.25, 0.3) is 0 Å². The van der Waals surface area contributed by atoms with Crippen LogP contribution in [0, 0.1) is 0 Å². The number of benzene rings is 1. The maximum Gasteiger partial charge on any atom is 0.231 e. The lowest BCUT2D eigenvalue weighted by Crippen LogP contribution is -2.31. The summed E-state index contributed by atoms with van der Waals surface area (Å²) in [5.41, 5.74) is 2.34. The molecule has 144 valence electrons. The predicted octanol–water partition coefficient (Wildman–Crippen LogP) is 3.34. The first-order chi connectivity index (χ1) is 13.3. The second-order valence-electron chi connectivity index (χ2n) is 7.25. The van der Waals surface area contributed by atoms with Crippen LogP contribution in [0.4, 0.5) is 0 Å². The third-order valence-electron chi connectivity index (χ3n) is 4.97. The fraction of sp³-hybridized carbons (Fsp3) is 0.524. The standard InChI is InChI=1S/C21H27N3O3/c1-2-4-21-22-10-17(11-23-21)13-24(14-18-5-3-8-25-18)12-16-6-7-19-20(9-16)27-15-26-19/h6-7,9-11,18H,2-5,8,12-15H2,1H3. The molecule has 1 fully saturated rings. The first-order valence-corrected chi connectivity index (χ1v) is 9.82. The molecule has 6 nitrogen and oxygen atoms in total. The third kappa shape index (κ3) is 4.76. The number of hydrogen-bond acceptors (Lipinski definition) is 6. The highest BCUT2D eigenvalue weighted by Gasteiger charge is 2.21. The number of fused-ring (bicyclic) bond motifs is 1. The predicted molar refractivity (Wildman–Crippen MR) is 102 cm³/mol. The van der Waals surface area contributed by atoms with Crippen LogP contribution in [-0.2, 0) is 24.2 Å². The first kappa shape index (κ1) is 18.2. The Morgan fingerprint density at radius 2 is 1.89 bits per heavy atom. The molecule has 0 radical (unpaired) electrons. The van der Waals surface area contributed by atoms with Crippen LogP contribution in [0.2, 0.25) is 0 Å². The van der Waals surface area contributed by atoms with Crippen LogP contribution in [-0.4, -0.2) is 40.9 Å². The van der Waals surface area contributed by atoms with Gasteiger partial charge < -0.3 is 14.2 Å². The smallest absolute Gasteiger partial charge is 0.231 e. The number of aryl methyl sites for hydroxylation is 1. The molecule has 1 atom stereocenters. The van der Waals surface area contributed by atoms with Gasteiger partial charge in [0.15, 0.2) is 11.5 Å². The van der Waals surface area contributed by atoms with Crippen molar-refractivity contribution in [3.8, 4) is 11.5 Å². The van der Waals surface area contributed by atoms with E-state index in [1.807, 2.05) is 18.5 Å². The van der Waals surface area contributed by atoms with Gasteiger partial charge in [0, 0.05) is 50.6 Å². The average Bonchev–Trinajstić information content (AvgIpc) is 3.35. The van der Waals surface area contributed by atoms with Crippen LogP contribution in [0.5, 0.6) is 11.5 Å². The van der Waals surface area contributed by atoms with E-state index in [9.17, 15) is 0 Å². The van der Waals surface area contributed by atoms with Gasteiger partial charge in [-0.05, 0) is 37.0 Å². The summed E-state index contributed by atoms with van der Waals surface area (Å²) in [7, 11) is 0. The molecule has 1 unspecified atom stereocenters. The van der Waals surface area contributed by atoms with Crippen molar-refractivity contribution in [1.29, 1.82) is 0 Å². The zero-order valence-electron chi connectivity index (χ0n) is 15.9. The molecular formula is C21H27N3O3. The molecule has 2 aromatic rings. The van der Waals surface area contributed by atoms with Gasteiger partial charge in [0.05, 0.1) is 6.10 Å². The molecule has 4 rings (SSSR count). The van der Waals surface area contributed by atoms with Crippen LogP contribution < -0.4 is 9.47 Å². The van der Waals surface area contributed by atoms with Crippen molar-refractivity contribution < 1.29 is 14.2 Å². The summed E-state index contributed by atoms with van der Waals surface area (Å²) < 4.78 is 16.8. The van der Waals surface area contributed by atoms with Gasteiger partial charge in [0.2, 0.25) is 6.79 Å². The average molecular weight is 369 g/mol. The fourth-order valence-electron chi connectivity index (χ4n) is 3.63. The molecule has 0 spiro atoms. The van der Waals surface area contributed by atoms with Crippen molar-refractivity contribution in [2.75, 3.05) is 19.9 Å². The normalized spacial score (nSPS) is 18.4. The summed E-state index contributed by atoms with van der Waals surface area (Å²) in [5, 5.41) is 0. The maximum atomic E-state index is 5.87. The second kappa shape index (κ2) is 8.67. The number of nitrogens with zero attached hydrogens (tertiary/aromatic N) is 3. The first-order valence-electron chi connectivity index (χ1n) is 9.82. The van der Waals surface area contributed by atoms with Crippen LogP contribution in [0.3, 0.4) is 0 Å². The minimum absolute atomic E-state index is 0.305. The Morgan fingerprint density at radius 3 is 2.67 bits per heavy atom. The molecule has 1 saturated heterocycles. The van der Waals surface area contributed by atoms with Crippen LogP contribution in [0.15, 0.2) is 30.6 Å². The molecule has 1 aromatic heterocycles. The Morgan fingerprint density at radius 1 is 1.07 bits per heavy atom. The molecule has 0 bridgehead atoms. The zero-order valence-corrected chi connectivity index (χ0v) is 15.9. The minimum Gasteiger partial charge on any atom is -0.454 e. The summed E-state index contributed by atoms with van der Waals surface area (Å²) in [6.07, 6.45) is 8.49. The maximum absolute atomic E-state index is 5.87. The van der Waals surface area contributed by atoms with Crippen LogP contribution in [0.1, 0.15) is 43.1 Å². The van der Waals surface area contributed by atoms with E-state index in [-0.39, 0.29) is 0 Å². The van der Waals surface area contributed by atoms with Crippen molar-refractivity contribution in [2.24, 2.45) is 0 Å². The Hall–Kier alpha value is -2.18. The summed E-state index contributed by atoms with van der Waals surface area (Å²) in [6.45, 7) is 5.86.